The first-order chi connectivity index (χ1) is 14.2. The lowest BCUT2D eigenvalue weighted by Crippen LogP contribution is -2.43. The number of benzene rings is 2. The molecule has 1 amide bonds. The van der Waals surface area contributed by atoms with Crippen molar-refractivity contribution in [2.24, 2.45) is 11.8 Å². The first-order valence-corrected chi connectivity index (χ1v) is 11.5. The van der Waals surface area contributed by atoms with Gasteiger partial charge in [0, 0.05) is 35.1 Å². The highest BCUT2D eigenvalue weighted by Crippen LogP contribution is 2.56. The fourth-order valence-corrected chi connectivity index (χ4v) is 6.77. The molecule has 2 aliphatic carbocycles. The number of carbonyl (C=O) groups excluding carboxylic acids is 1. The van der Waals surface area contributed by atoms with Gasteiger partial charge in [0.25, 0.3) is 5.91 Å². The predicted octanol–water partition coefficient (Wildman–Crippen LogP) is 6.19. The molecule has 4 atom stereocenters. The van der Waals surface area contributed by atoms with Gasteiger partial charge in [-0.3, -0.25) is 4.79 Å². The van der Waals surface area contributed by atoms with Gasteiger partial charge in [0.1, 0.15) is 0 Å². The van der Waals surface area contributed by atoms with Crippen LogP contribution in [0.4, 0.5) is 11.4 Å². The minimum absolute atomic E-state index is 0.0526. The standard InChI is InChI=1S/C25H27ClN2O/c26-18-9-7-15(8-10-18)25(29)27-19-11-22-20-5-1-3-16(20)13-28-14-17-4-2-6-21(17)23(12-19)24(22)28/h7-12,16-17,20-21H,1-6,13-14H2,(H,27,29)/t16-,17-,20+,21+/m1/s1. The summed E-state index contributed by atoms with van der Waals surface area (Å²) >= 11 is 5.98. The van der Waals surface area contributed by atoms with E-state index in [4.69, 9.17) is 11.6 Å². The van der Waals surface area contributed by atoms with E-state index in [0.717, 1.165) is 17.5 Å². The number of carbonyl (C=O) groups is 1. The normalized spacial score (nSPS) is 29.2. The molecule has 6 rings (SSSR count). The highest BCUT2D eigenvalue weighted by Gasteiger charge is 2.44. The Hall–Kier alpha value is -2.00. The van der Waals surface area contributed by atoms with Gasteiger partial charge in [0.05, 0.1) is 0 Å². The molecule has 0 radical (unpaired) electrons. The summed E-state index contributed by atoms with van der Waals surface area (Å²) in [6.45, 7) is 2.48. The molecule has 2 aromatic carbocycles. The van der Waals surface area contributed by atoms with Crippen LogP contribution in [0.25, 0.3) is 0 Å². The second kappa shape index (κ2) is 6.77. The number of anilines is 2. The van der Waals surface area contributed by atoms with Crippen LogP contribution in [0.3, 0.4) is 0 Å². The van der Waals surface area contributed by atoms with Gasteiger partial charge in [-0.1, -0.05) is 24.4 Å². The minimum atomic E-state index is -0.0526. The Labute approximate surface area is 177 Å². The Bertz CT molecular complexity index is 924. The summed E-state index contributed by atoms with van der Waals surface area (Å²) in [6, 6.07) is 11.7. The number of rotatable bonds is 2. The first kappa shape index (κ1) is 17.8. The fourth-order valence-electron chi connectivity index (χ4n) is 6.64. The van der Waals surface area contributed by atoms with Gasteiger partial charge in [-0.05, 0) is 96.9 Å². The monoisotopic (exact) mass is 406 g/mol. The molecule has 150 valence electrons. The third-order valence-electron chi connectivity index (χ3n) is 7.88. The molecule has 2 saturated carbocycles. The molecule has 4 aliphatic rings. The van der Waals surface area contributed by atoms with E-state index in [1.807, 2.05) is 0 Å². The first-order valence-electron chi connectivity index (χ1n) is 11.2. The summed E-state index contributed by atoms with van der Waals surface area (Å²) in [7, 11) is 0. The Morgan fingerprint density at radius 3 is 2.07 bits per heavy atom. The van der Waals surface area contributed by atoms with Crippen LogP contribution in [0.15, 0.2) is 36.4 Å². The molecule has 1 N–H and O–H groups in total. The lowest BCUT2D eigenvalue weighted by atomic mass is 9.75. The Balaban J connectivity index is 1.41. The van der Waals surface area contributed by atoms with Crippen molar-refractivity contribution in [3.05, 3.63) is 58.1 Å². The van der Waals surface area contributed by atoms with E-state index >= 15 is 0 Å². The molecule has 2 heterocycles. The second-order valence-electron chi connectivity index (χ2n) is 9.46. The van der Waals surface area contributed by atoms with Crippen molar-refractivity contribution in [1.29, 1.82) is 0 Å². The number of amides is 1. The van der Waals surface area contributed by atoms with Crippen molar-refractivity contribution >= 4 is 28.9 Å². The molecule has 0 bridgehead atoms. The van der Waals surface area contributed by atoms with Crippen LogP contribution >= 0.6 is 11.6 Å². The maximum absolute atomic E-state index is 12.9. The third-order valence-corrected chi connectivity index (χ3v) is 8.13. The van der Waals surface area contributed by atoms with E-state index in [1.54, 1.807) is 24.3 Å². The van der Waals surface area contributed by atoms with Gasteiger partial charge in [0.15, 0.2) is 0 Å². The molecule has 4 heteroatoms. The molecular weight excluding hydrogens is 380 g/mol. The van der Waals surface area contributed by atoms with Crippen LogP contribution in [-0.2, 0) is 0 Å². The predicted molar refractivity (Wildman–Crippen MR) is 118 cm³/mol. The summed E-state index contributed by atoms with van der Waals surface area (Å²) in [5, 5.41) is 3.85. The summed E-state index contributed by atoms with van der Waals surface area (Å²) in [5.41, 5.74) is 6.17. The number of fused-ring (bicyclic) bond motifs is 4. The number of halogens is 1. The third kappa shape index (κ3) is 2.89. The number of nitrogens with zero attached hydrogens (tertiary/aromatic N) is 1. The average molecular weight is 407 g/mol. The van der Waals surface area contributed by atoms with E-state index in [9.17, 15) is 4.79 Å². The van der Waals surface area contributed by atoms with Crippen LogP contribution in [-0.4, -0.2) is 19.0 Å². The molecular formula is C25H27ClN2O. The van der Waals surface area contributed by atoms with Crippen molar-refractivity contribution in [2.45, 2.75) is 50.4 Å². The molecule has 2 aromatic rings. The van der Waals surface area contributed by atoms with Gasteiger partial charge in [-0.15, -0.1) is 0 Å². The van der Waals surface area contributed by atoms with Gasteiger partial charge < -0.3 is 10.2 Å². The van der Waals surface area contributed by atoms with Gasteiger partial charge in [0.2, 0.25) is 0 Å². The SMILES string of the molecule is O=C(Nc1cc2c3c(c1)[C@H]1CCC[C@@H]1CN3C[C@H]1CCC[C@H]21)c1ccc(Cl)cc1. The number of nitrogens with one attached hydrogen (secondary N) is 1. The molecule has 2 fully saturated rings. The molecule has 0 aromatic heterocycles. The minimum Gasteiger partial charge on any atom is -0.370 e. The van der Waals surface area contributed by atoms with Crippen molar-refractivity contribution in [3.8, 4) is 0 Å². The lowest BCUT2D eigenvalue weighted by Gasteiger charge is -2.46. The van der Waals surface area contributed by atoms with Crippen molar-refractivity contribution in [2.75, 3.05) is 23.3 Å². The van der Waals surface area contributed by atoms with Crippen LogP contribution in [0.5, 0.6) is 0 Å². The van der Waals surface area contributed by atoms with Crippen molar-refractivity contribution in [3.63, 3.8) is 0 Å². The fraction of sp³-hybridized carbons (Fsp3) is 0.480. The zero-order valence-corrected chi connectivity index (χ0v) is 17.4. The largest absolute Gasteiger partial charge is 0.370 e. The van der Waals surface area contributed by atoms with Gasteiger partial charge >= 0.3 is 0 Å². The lowest BCUT2D eigenvalue weighted by molar-refractivity contribution is 0.102. The number of hydrogen-bond acceptors (Lipinski definition) is 2. The Morgan fingerprint density at radius 2 is 1.48 bits per heavy atom. The highest BCUT2D eigenvalue weighted by molar-refractivity contribution is 6.30. The van der Waals surface area contributed by atoms with E-state index in [0.29, 0.717) is 22.4 Å². The van der Waals surface area contributed by atoms with E-state index in [1.165, 1.54) is 68.4 Å². The van der Waals surface area contributed by atoms with Crippen LogP contribution in [0, 0.1) is 11.8 Å². The summed E-state index contributed by atoms with van der Waals surface area (Å²) in [4.78, 5) is 15.6. The van der Waals surface area contributed by atoms with Gasteiger partial charge in [-0.25, -0.2) is 0 Å². The number of hydrogen-bond donors (Lipinski definition) is 1. The Morgan fingerprint density at radius 1 is 0.897 bits per heavy atom. The smallest absolute Gasteiger partial charge is 0.255 e. The maximum Gasteiger partial charge on any atom is 0.255 e. The van der Waals surface area contributed by atoms with E-state index in [2.05, 4.69) is 22.3 Å². The summed E-state index contributed by atoms with van der Waals surface area (Å²) in [6.07, 6.45) is 7.98. The second-order valence-corrected chi connectivity index (χ2v) is 9.90. The molecule has 2 aliphatic heterocycles. The molecule has 0 unspecified atom stereocenters. The quantitative estimate of drug-likeness (QED) is 0.644. The zero-order valence-electron chi connectivity index (χ0n) is 16.7. The average Bonchev–Trinajstić information content (AvgIpc) is 3.38. The summed E-state index contributed by atoms with van der Waals surface area (Å²) in [5.74, 6) is 2.87. The summed E-state index contributed by atoms with van der Waals surface area (Å²) < 4.78 is 0. The zero-order chi connectivity index (χ0) is 19.5. The van der Waals surface area contributed by atoms with Crippen LogP contribution < -0.4 is 10.2 Å². The molecule has 0 saturated heterocycles. The molecule has 29 heavy (non-hydrogen) atoms. The Kier molecular flexibility index (Phi) is 4.16. The van der Waals surface area contributed by atoms with Gasteiger partial charge in [-0.2, -0.15) is 0 Å². The van der Waals surface area contributed by atoms with E-state index < -0.39 is 0 Å². The highest BCUT2D eigenvalue weighted by atomic mass is 35.5. The van der Waals surface area contributed by atoms with E-state index in [-0.39, 0.29) is 5.91 Å². The topological polar surface area (TPSA) is 32.3 Å². The molecule has 3 nitrogen and oxygen atoms in total. The molecule has 0 spiro atoms. The van der Waals surface area contributed by atoms with Crippen LogP contribution in [0.2, 0.25) is 5.02 Å². The van der Waals surface area contributed by atoms with Crippen molar-refractivity contribution in [1.82, 2.24) is 0 Å². The van der Waals surface area contributed by atoms with Crippen molar-refractivity contribution < 1.29 is 4.79 Å². The maximum atomic E-state index is 12.9. The van der Waals surface area contributed by atoms with Crippen LogP contribution in [0.1, 0.15) is 71.8 Å².